The Labute approximate surface area is 119 Å². The van der Waals surface area contributed by atoms with Crippen molar-refractivity contribution >= 4 is 23.0 Å². The fraction of sp³-hybridized carbons (Fsp3) is 0.0833. The number of nitrogens with zero attached hydrogens (tertiary/aromatic N) is 2. The molecule has 1 amide bonds. The van der Waals surface area contributed by atoms with E-state index >= 15 is 0 Å². The highest BCUT2D eigenvalue weighted by Crippen LogP contribution is 2.25. The van der Waals surface area contributed by atoms with Crippen LogP contribution in [0.4, 0.5) is 17.1 Å². The second-order valence-electron chi connectivity index (χ2n) is 4.02. The van der Waals surface area contributed by atoms with Crippen molar-refractivity contribution in [1.29, 1.82) is 0 Å². The van der Waals surface area contributed by atoms with Crippen molar-refractivity contribution in [3.05, 3.63) is 62.4 Å². The predicted molar refractivity (Wildman–Crippen MR) is 73.4 cm³/mol. The van der Waals surface area contributed by atoms with Crippen molar-refractivity contribution in [3.63, 3.8) is 0 Å². The van der Waals surface area contributed by atoms with Crippen LogP contribution in [0.25, 0.3) is 0 Å². The van der Waals surface area contributed by atoms with Gasteiger partial charge < -0.3 is 5.73 Å². The fourth-order valence-electron chi connectivity index (χ4n) is 1.39. The molecule has 0 radical (unpaired) electrons. The Kier molecular flexibility index (Phi) is 5.26. The van der Waals surface area contributed by atoms with Crippen LogP contribution in [0, 0.1) is 20.2 Å². The van der Waals surface area contributed by atoms with Crippen molar-refractivity contribution in [3.8, 4) is 0 Å². The molecule has 4 N–H and O–H groups in total. The molecule has 0 atom stereocenters. The molecule has 0 saturated carbocycles. The van der Waals surface area contributed by atoms with Crippen LogP contribution in [-0.4, -0.2) is 15.8 Å². The molecule has 0 aliphatic heterocycles. The number of nitrogens with two attached hydrogens (primary N) is 2. The summed E-state index contributed by atoms with van der Waals surface area (Å²) < 4.78 is 0. The second-order valence-corrected chi connectivity index (χ2v) is 4.02. The van der Waals surface area contributed by atoms with Crippen molar-refractivity contribution in [2.45, 2.75) is 6.92 Å². The first kappa shape index (κ1) is 16.0. The Bertz CT molecular complexity index is 651. The topological polar surface area (TPSA) is 146 Å². The zero-order valence-corrected chi connectivity index (χ0v) is 11.1. The van der Waals surface area contributed by atoms with Crippen LogP contribution in [0.1, 0.15) is 6.92 Å². The molecular formula is C12H13N4O5+. The van der Waals surface area contributed by atoms with Crippen LogP contribution in [-0.2, 0) is 4.79 Å². The van der Waals surface area contributed by atoms with Crippen molar-refractivity contribution in [2.75, 3.05) is 0 Å². The molecule has 9 heteroatoms. The molecule has 0 heterocycles. The summed E-state index contributed by atoms with van der Waals surface area (Å²) in [5, 5.41) is 22.9. The number of carbonyl (C=O) groups is 1. The van der Waals surface area contributed by atoms with Gasteiger partial charge >= 0.3 is 5.69 Å². The maximum Gasteiger partial charge on any atom is 0.336 e. The Hall–Kier alpha value is -3.07. The summed E-state index contributed by atoms with van der Waals surface area (Å²) in [4.78, 5) is 30.9. The molecular weight excluding hydrogens is 280 g/mol. The van der Waals surface area contributed by atoms with Crippen molar-refractivity contribution in [1.82, 2.24) is 0 Å². The average Bonchev–Trinajstić information content (AvgIpc) is 2.42. The number of hydrogen-bond donors (Lipinski definition) is 2. The molecule has 0 aliphatic carbocycles. The van der Waals surface area contributed by atoms with E-state index in [1.165, 1.54) is 42.7 Å². The van der Waals surface area contributed by atoms with Gasteiger partial charge in [-0.2, -0.15) is 0 Å². The minimum Gasteiger partial charge on any atom is -0.366 e. The number of primary amides is 1. The zero-order valence-electron chi connectivity index (χ0n) is 11.1. The molecule has 0 unspecified atom stereocenters. The predicted octanol–water partition coefficient (Wildman–Crippen LogP) is 0.643. The minimum absolute atomic E-state index is 0.215. The summed E-state index contributed by atoms with van der Waals surface area (Å²) in [5.74, 6) is -0.569. The third-order valence-corrected chi connectivity index (χ3v) is 2.54. The van der Waals surface area contributed by atoms with E-state index in [4.69, 9.17) is 5.73 Å². The first-order valence-electron chi connectivity index (χ1n) is 5.74. The van der Waals surface area contributed by atoms with E-state index in [0.717, 1.165) is 6.07 Å². The van der Waals surface area contributed by atoms with Crippen LogP contribution in [0.2, 0.25) is 0 Å². The lowest BCUT2D eigenvalue weighted by Crippen LogP contribution is -2.71. The fourth-order valence-corrected chi connectivity index (χ4v) is 1.39. The molecule has 1 aromatic rings. The lowest BCUT2D eigenvalue weighted by atomic mass is 10.2. The largest absolute Gasteiger partial charge is 0.366 e. The van der Waals surface area contributed by atoms with Crippen LogP contribution in [0.5, 0.6) is 0 Å². The van der Waals surface area contributed by atoms with E-state index in [2.05, 4.69) is 0 Å². The standard InChI is InChI=1S/C12H12N4O5/c1-8(12(13)17)3-2-6-14-10-5-4-9(15(18)19)7-11(10)16(20)21/h2-7,14H,1H3,(H2,13,17)/p+1/b6-2-,8-3+. The molecule has 110 valence electrons. The van der Waals surface area contributed by atoms with Gasteiger partial charge in [-0.3, -0.25) is 30.3 Å². The summed E-state index contributed by atoms with van der Waals surface area (Å²) in [5.41, 5.74) is 4.85. The minimum atomic E-state index is -0.703. The summed E-state index contributed by atoms with van der Waals surface area (Å²) in [7, 11) is 0. The van der Waals surface area contributed by atoms with Crippen LogP contribution < -0.4 is 11.1 Å². The van der Waals surface area contributed by atoms with Gasteiger partial charge in [0.05, 0.1) is 16.0 Å². The van der Waals surface area contributed by atoms with Gasteiger partial charge in [0.25, 0.3) is 5.69 Å². The van der Waals surface area contributed by atoms with E-state index in [1.807, 2.05) is 0 Å². The van der Waals surface area contributed by atoms with Gasteiger partial charge in [-0.1, -0.05) is 0 Å². The zero-order chi connectivity index (χ0) is 16.0. The van der Waals surface area contributed by atoms with Gasteiger partial charge in [-0.25, -0.2) is 0 Å². The van der Waals surface area contributed by atoms with Gasteiger partial charge in [-0.05, 0) is 19.1 Å². The first-order valence-corrected chi connectivity index (χ1v) is 5.74. The third kappa shape index (κ3) is 4.51. The summed E-state index contributed by atoms with van der Waals surface area (Å²) in [6.07, 6.45) is 4.42. The molecule has 0 aliphatic rings. The van der Waals surface area contributed by atoms with Gasteiger partial charge in [0, 0.05) is 17.7 Å². The molecule has 0 saturated heterocycles. The number of nitro groups is 2. The normalized spacial score (nSPS) is 11.6. The highest BCUT2D eigenvalue weighted by atomic mass is 16.6. The molecule has 0 bridgehead atoms. The molecule has 21 heavy (non-hydrogen) atoms. The highest BCUT2D eigenvalue weighted by molar-refractivity contribution is 5.91. The van der Waals surface area contributed by atoms with Crippen LogP contribution in [0.15, 0.2) is 42.1 Å². The number of nitro benzene ring substituents is 2. The Morgan fingerprint density at radius 2 is 1.95 bits per heavy atom. The third-order valence-electron chi connectivity index (χ3n) is 2.54. The number of hydrogen-bond acceptors (Lipinski definition) is 5. The average molecular weight is 293 g/mol. The SMILES string of the molecule is C/C(=C\C=C/[NH2+]c1ccc([N+](=O)[O-])cc1[N+](=O)[O-])C(N)=O. The molecule has 1 aromatic carbocycles. The number of non-ortho nitro benzene ring substituents is 1. The van der Waals surface area contributed by atoms with Crippen LogP contribution in [0.3, 0.4) is 0 Å². The lowest BCUT2D eigenvalue weighted by molar-refractivity contribution is -0.507. The number of benzene rings is 1. The van der Waals surface area contributed by atoms with Gasteiger partial charge in [0.2, 0.25) is 11.6 Å². The summed E-state index contributed by atoms with van der Waals surface area (Å²) >= 11 is 0. The van der Waals surface area contributed by atoms with E-state index in [1.54, 1.807) is 0 Å². The smallest absolute Gasteiger partial charge is 0.336 e. The van der Waals surface area contributed by atoms with Crippen molar-refractivity contribution in [2.24, 2.45) is 5.73 Å². The summed E-state index contributed by atoms with van der Waals surface area (Å²) in [6.45, 7) is 1.53. The number of rotatable bonds is 6. The van der Waals surface area contributed by atoms with Gasteiger partial charge in [-0.15, -0.1) is 0 Å². The number of amides is 1. The maximum absolute atomic E-state index is 10.9. The molecule has 9 nitrogen and oxygen atoms in total. The Balaban J connectivity index is 2.96. The monoisotopic (exact) mass is 293 g/mol. The maximum atomic E-state index is 10.9. The quantitative estimate of drug-likeness (QED) is 0.260. The van der Waals surface area contributed by atoms with Crippen LogP contribution >= 0.6 is 0 Å². The highest BCUT2D eigenvalue weighted by Gasteiger charge is 2.21. The molecule has 1 rings (SSSR count). The second kappa shape index (κ2) is 6.91. The van der Waals surface area contributed by atoms with Gasteiger partial charge in [0.15, 0.2) is 0 Å². The number of allylic oxidation sites excluding steroid dienone is 2. The Morgan fingerprint density at radius 3 is 2.48 bits per heavy atom. The molecule has 0 aromatic heterocycles. The Morgan fingerprint density at radius 1 is 1.29 bits per heavy atom. The number of carbonyl (C=O) groups excluding carboxylic acids is 1. The van der Waals surface area contributed by atoms with Gasteiger partial charge in [0.1, 0.15) is 6.07 Å². The summed E-state index contributed by atoms with van der Waals surface area (Å²) in [6, 6.07) is 3.35. The molecule has 0 spiro atoms. The van der Waals surface area contributed by atoms with E-state index in [9.17, 15) is 25.0 Å². The molecule has 0 fully saturated rings. The van der Waals surface area contributed by atoms with Crippen molar-refractivity contribution < 1.29 is 20.0 Å². The number of quaternary nitrogens is 1. The van der Waals surface area contributed by atoms with E-state index in [0.29, 0.717) is 5.57 Å². The van der Waals surface area contributed by atoms with E-state index < -0.39 is 15.8 Å². The lowest BCUT2D eigenvalue weighted by Gasteiger charge is -1.97. The first-order chi connectivity index (χ1) is 9.82. The van der Waals surface area contributed by atoms with E-state index in [-0.39, 0.29) is 17.1 Å².